The number of thiophene rings is 1. The van der Waals surface area contributed by atoms with Gasteiger partial charge in [-0.3, -0.25) is 4.79 Å². The van der Waals surface area contributed by atoms with E-state index < -0.39 is 22.8 Å². The van der Waals surface area contributed by atoms with Crippen LogP contribution in [0.25, 0.3) is 0 Å². The average Bonchev–Trinajstić information content (AvgIpc) is 2.62. The molecule has 0 aliphatic heterocycles. The van der Waals surface area contributed by atoms with Gasteiger partial charge in [-0.15, -0.1) is 0 Å². The maximum absolute atomic E-state index is 12.6. The van der Waals surface area contributed by atoms with Crippen LogP contribution < -0.4 is 4.74 Å². The molecule has 0 aliphatic carbocycles. The Labute approximate surface area is 90.6 Å². The summed E-state index contributed by atoms with van der Waals surface area (Å²) in [6.45, 7) is 0. The van der Waals surface area contributed by atoms with Crippen LogP contribution >= 0.6 is 11.3 Å². The number of hydrogen-bond donors (Lipinski definition) is 0. The lowest BCUT2D eigenvalue weighted by atomic mass is 10.2. The largest absolute Gasteiger partial charge is 0.487 e. The number of rotatable bonds is 3. The number of ether oxygens (including phenoxy) is 1. The summed E-state index contributed by atoms with van der Waals surface area (Å²) in [6.07, 6.45) is -5.89. The normalized spacial score (nSPS) is 12.6. The highest BCUT2D eigenvalue weighted by atomic mass is 32.1. The predicted octanol–water partition coefficient (Wildman–Crippen LogP) is 3.14. The maximum atomic E-state index is 12.6. The number of hydrogen-bond acceptors (Lipinski definition) is 3. The summed E-state index contributed by atoms with van der Waals surface area (Å²) < 4.78 is 65.4. The van der Waals surface area contributed by atoms with Gasteiger partial charge in [0.1, 0.15) is 0 Å². The number of ketones is 1. The molecule has 0 unspecified atom stereocenters. The first-order valence-electron chi connectivity index (χ1n) is 3.83. The Bertz CT molecular complexity index is 395. The average molecular weight is 260 g/mol. The molecule has 16 heavy (non-hydrogen) atoms. The fourth-order valence-electron chi connectivity index (χ4n) is 0.835. The third-order valence-electron chi connectivity index (χ3n) is 1.65. The zero-order valence-electron chi connectivity index (χ0n) is 7.77. The topological polar surface area (TPSA) is 26.3 Å². The first-order valence-corrected chi connectivity index (χ1v) is 4.65. The van der Waals surface area contributed by atoms with Crippen LogP contribution in [0.4, 0.5) is 22.0 Å². The van der Waals surface area contributed by atoms with Crippen molar-refractivity contribution in [2.45, 2.75) is 12.1 Å². The van der Waals surface area contributed by atoms with Gasteiger partial charge in [0.25, 0.3) is 5.78 Å². The van der Waals surface area contributed by atoms with Crippen molar-refractivity contribution in [1.29, 1.82) is 0 Å². The molecule has 0 saturated heterocycles. The van der Waals surface area contributed by atoms with Gasteiger partial charge >= 0.3 is 12.1 Å². The van der Waals surface area contributed by atoms with E-state index in [0.717, 1.165) is 12.1 Å². The van der Waals surface area contributed by atoms with Crippen molar-refractivity contribution < 1.29 is 31.5 Å². The van der Waals surface area contributed by atoms with Crippen LogP contribution in [0.15, 0.2) is 12.1 Å². The molecule has 0 fully saturated rings. The lowest BCUT2D eigenvalue weighted by Gasteiger charge is -2.16. The van der Waals surface area contributed by atoms with E-state index in [1.807, 2.05) is 0 Å². The zero-order chi connectivity index (χ0) is 12.6. The van der Waals surface area contributed by atoms with Gasteiger partial charge < -0.3 is 4.74 Å². The number of halogens is 5. The van der Waals surface area contributed by atoms with E-state index in [2.05, 4.69) is 4.74 Å². The molecule has 8 heteroatoms. The van der Waals surface area contributed by atoms with Crippen LogP contribution in [-0.2, 0) is 0 Å². The SMILES string of the molecule is COc1ccc(C(=O)C(F)(F)C(F)(F)F)s1. The van der Waals surface area contributed by atoms with Crippen molar-refractivity contribution in [1.82, 2.24) is 0 Å². The molecule has 1 aromatic rings. The van der Waals surface area contributed by atoms with E-state index in [0.29, 0.717) is 11.3 Å². The number of alkyl halides is 5. The van der Waals surface area contributed by atoms with E-state index in [-0.39, 0.29) is 5.06 Å². The second kappa shape index (κ2) is 4.00. The summed E-state index contributed by atoms with van der Waals surface area (Å²) in [5.41, 5.74) is 0. The highest BCUT2D eigenvalue weighted by Crippen LogP contribution is 2.39. The van der Waals surface area contributed by atoms with Crippen LogP contribution in [0.3, 0.4) is 0 Å². The van der Waals surface area contributed by atoms with Crippen LogP contribution in [0.1, 0.15) is 9.67 Å². The molecule has 0 aromatic carbocycles. The molecule has 1 rings (SSSR count). The summed E-state index contributed by atoms with van der Waals surface area (Å²) >= 11 is 0.432. The maximum Gasteiger partial charge on any atom is 0.461 e. The third-order valence-corrected chi connectivity index (χ3v) is 2.69. The van der Waals surface area contributed by atoms with Gasteiger partial charge in [0.15, 0.2) is 5.06 Å². The zero-order valence-corrected chi connectivity index (χ0v) is 8.59. The fourth-order valence-corrected chi connectivity index (χ4v) is 1.63. The van der Waals surface area contributed by atoms with Gasteiger partial charge in [0.2, 0.25) is 0 Å². The smallest absolute Gasteiger partial charge is 0.461 e. The molecular formula is C8H5F5O2S. The Balaban J connectivity index is 3.02. The number of Topliss-reactive ketones (excluding diaryl/α,β-unsaturated/α-hetero) is 1. The van der Waals surface area contributed by atoms with Crippen LogP contribution in [-0.4, -0.2) is 25.0 Å². The third kappa shape index (κ3) is 2.16. The second-order valence-corrected chi connectivity index (χ2v) is 3.77. The van der Waals surface area contributed by atoms with Crippen molar-refractivity contribution in [3.63, 3.8) is 0 Å². The van der Waals surface area contributed by atoms with Gasteiger partial charge in [0, 0.05) is 0 Å². The minimum Gasteiger partial charge on any atom is -0.487 e. The Morgan fingerprint density at radius 2 is 1.81 bits per heavy atom. The van der Waals surface area contributed by atoms with Gasteiger partial charge in [-0.05, 0) is 12.1 Å². The Morgan fingerprint density at radius 1 is 1.25 bits per heavy atom. The fraction of sp³-hybridized carbons (Fsp3) is 0.375. The van der Waals surface area contributed by atoms with Crippen molar-refractivity contribution in [3.8, 4) is 5.06 Å². The van der Waals surface area contributed by atoms with Crippen molar-refractivity contribution in [3.05, 3.63) is 17.0 Å². The molecule has 0 amide bonds. The van der Waals surface area contributed by atoms with Crippen LogP contribution in [0.2, 0.25) is 0 Å². The molecule has 2 nitrogen and oxygen atoms in total. The van der Waals surface area contributed by atoms with Crippen molar-refractivity contribution in [2.24, 2.45) is 0 Å². The highest BCUT2D eigenvalue weighted by molar-refractivity contribution is 7.15. The van der Waals surface area contributed by atoms with Crippen LogP contribution in [0.5, 0.6) is 5.06 Å². The van der Waals surface area contributed by atoms with Gasteiger partial charge in [-0.1, -0.05) is 11.3 Å². The molecule has 0 saturated carbocycles. The Hall–Kier alpha value is -1.18. The molecule has 0 spiro atoms. The number of methoxy groups -OCH3 is 1. The number of carbonyl (C=O) groups is 1. The van der Waals surface area contributed by atoms with E-state index in [9.17, 15) is 26.7 Å². The lowest BCUT2D eigenvalue weighted by Crippen LogP contribution is -2.43. The minimum absolute atomic E-state index is 0.0846. The number of carbonyl (C=O) groups excluding carboxylic acids is 1. The summed E-state index contributed by atoms with van der Waals surface area (Å²) in [5.74, 6) is -7.64. The standard InChI is InChI=1S/C8H5F5O2S/c1-15-5-3-2-4(16-5)6(14)7(9,10)8(11,12)13/h2-3H,1H3. The molecule has 0 N–H and O–H groups in total. The highest BCUT2D eigenvalue weighted by Gasteiger charge is 2.63. The molecular weight excluding hydrogens is 255 g/mol. The molecule has 0 bridgehead atoms. The van der Waals surface area contributed by atoms with E-state index in [1.54, 1.807) is 0 Å². The summed E-state index contributed by atoms with van der Waals surface area (Å²) in [4.78, 5) is 10.2. The van der Waals surface area contributed by atoms with Crippen LogP contribution in [0, 0.1) is 0 Å². The quantitative estimate of drug-likeness (QED) is 0.616. The van der Waals surface area contributed by atoms with Crippen molar-refractivity contribution in [2.75, 3.05) is 7.11 Å². The first kappa shape index (κ1) is 12.9. The van der Waals surface area contributed by atoms with Gasteiger partial charge in [-0.2, -0.15) is 22.0 Å². The molecule has 0 aliphatic rings. The molecule has 0 radical (unpaired) electrons. The lowest BCUT2D eigenvalue weighted by molar-refractivity contribution is -0.255. The van der Waals surface area contributed by atoms with Crippen molar-refractivity contribution >= 4 is 17.1 Å². The van der Waals surface area contributed by atoms with E-state index >= 15 is 0 Å². The second-order valence-electron chi connectivity index (χ2n) is 2.72. The molecule has 1 aromatic heterocycles. The predicted molar refractivity (Wildman–Crippen MR) is 46.2 cm³/mol. The minimum atomic E-state index is -5.89. The van der Waals surface area contributed by atoms with E-state index in [4.69, 9.17) is 0 Å². The Morgan fingerprint density at radius 3 is 2.19 bits per heavy atom. The monoisotopic (exact) mass is 260 g/mol. The summed E-state index contributed by atoms with van der Waals surface area (Å²) in [6, 6.07) is 2.01. The summed E-state index contributed by atoms with van der Waals surface area (Å²) in [7, 11) is 1.21. The molecule has 1 heterocycles. The molecule has 90 valence electrons. The summed E-state index contributed by atoms with van der Waals surface area (Å²) in [5, 5.41) is 0.0846. The first-order chi connectivity index (χ1) is 7.20. The van der Waals surface area contributed by atoms with Gasteiger partial charge in [-0.25, -0.2) is 0 Å². The Kier molecular flexibility index (Phi) is 3.22. The van der Waals surface area contributed by atoms with E-state index in [1.165, 1.54) is 7.11 Å². The molecule has 0 atom stereocenters. The van der Waals surface area contributed by atoms with Gasteiger partial charge in [0.05, 0.1) is 12.0 Å².